The Kier molecular flexibility index (Phi) is 1.88. The molecule has 4 rings (SSSR count). The molecule has 0 radical (unpaired) electrons. The van der Waals surface area contributed by atoms with Crippen LogP contribution in [0, 0.1) is 5.41 Å². The third kappa shape index (κ3) is 1.11. The van der Waals surface area contributed by atoms with E-state index in [-0.39, 0.29) is 11.0 Å². The third-order valence-electron chi connectivity index (χ3n) is 4.54. The molecule has 94 valence electrons. The summed E-state index contributed by atoms with van der Waals surface area (Å²) in [5.41, 5.74) is 4.76. The maximum atomic E-state index is 6.19. The molecule has 2 aromatic carbocycles. The van der Waals surface area contributed by atoms with Gasteiger partial charge in [0.25, 0.3) is 0 Å². The Bertz CT molecular complexity index is 649. The molecule has 19 heavy (non-hydrogen) atoms. The molecular weight excluding hydrogens is 232 g/mol. The van der Waals surface area contributed by atoms with Crippen LogP contribution in [0.25, 0.3) is 11.1 Å². The first-order chi connectivity index (χ1) is 9.17. The highest BCUT2D eigenvalue weighted by molar-refractivity contribution is 5.81. The van der Waals surface area contributed by atoms with Crippen molar-refractivity contribution >= 4 is 0 Å². The molecule has 2 aromatic rings. The molecule has 0 atom stereocenters. The van der Waals surface area contributed by atoms with Crippen molar-refractivity contribution in [3.8, 4) is 11.1 Å². The smallest absolute Gasteiger partial charge is 0.168 e. The van der Waals surface area contributed by atoms with Crippen LogP contribution < -0.4 is 0 Å². The number of hydrogen-bond donors (Lipinski definition) is 0. The summed E-state index contributed by atoms with van der Waals surface area (Å²) in [4.78, 5) is 0. The van der Waals surface area contributed by atoms with Gasteiger partial charge in [0.1, 0.15) is 0 Å². The molecule has 0 amide bonds. The van der Waals surface area contributed by atoms with Crippen LogP contribution in [-0.4, -0.2) is 0 Å². The van der Waals surface area contributed by atoms with Crippen molar-refractivity contribution in [3.05, 3.63) is 72.0 Å². The summed E-state index contributed by atoms with van der Waals surface area (Å²) in [6, 6.07) is 17.2. The van der Waals surface area contributed by atoms with E-state index in [1.54, 1.807) is 0 Å². The van der Waals surface area contributed by atoms with E-state index >= 15 is 0 Å². The van der Waals surface area contributed by atoms with E-state index in [0.717, 1.165) is 0 Å². The Morgan fingerprint density at radius 2 is 1.32 bits per heavy atom. The van der Waals surface area contributed by atoms with Gasteiger partial charge in [0.2, 0.25) is 0 Å². The molecule has 0 unspecified atom stereocenters. The van der Waals surface area contributed by atoms with Gasteiger partial charge in [0, 0.05) is 16.5 Å². The van der Waals surface area contributed by atoms with Crippen molar-refractivity contribution in [1.29, 1.82) is 0 Å². The van der Waals surface area contributed by atoms with E-state index < -0.39 is 0 Å². The zero-order valence-electron chi connectivity index (χ0n) is 11.2. The van der Waals surface area contributed by atoms with Crippen LogP contribution in [0.5, 0.6) is 0 Å². The van der Waals surface area contributed by atoms with Gasteiger partial charge in [-0.25, -0.2) is 0 Å². The standard InChI is InChI=1S/C18H16O/c1-17(2)11-12-19-18(17)15-9-5-3-7-13(15)14-8-4-6-10-16(14)18/h3-12H,1-2H3. The van der Waals surface area contributed by atoms with Crippen molar-refractivity contribution in [2.45, 2.75) is 19.4 Å². The summed E-state index contributed by atoms with van der Waals surface area (Å²) in [6.45, 7) is 4.49. The second-order valence-corrected chi connectivity index (χ2v) is 5.91. The summed E-state index contributed by atoms with van der Waals surface area (Å²) in [5.74, 6) is 0. The van der Waals surface area contributed by atoms with E-state index in [1.165, 1.54) is 22.3 Å². The Hall–Kier alpha value is -2.02. The molecule has 1 aliphatic heterocycles. The molecular formula is C18H16O. The van der Waals surface area contributed by atoms with Crippen molar-refractivity contribution in [3.63, 3.8) is 0 Å². The van der Waals surface area contributed by atoms with Crippen molar-refractivity contribution < 1.29 is 4.74 Å². The van der Waals surface area contributed by atoms with Crippen LogP contribution in [0.3, 0.4) is 0 Å². The molecule has 1 aliphatic carbocycles. The fourth-order valence-electron chi connectivity index (χ4n) is 3.59. The van der Waals surface area contributed by atoms with Crippen molar-refractivity contribution in [2.24, 2.45) is 5.41 Å². The van der Waals surface area contributed by atoms with Gasteiger partial charge in [-0.05, 0) is 17.2 Å². The molecule has 1 spiro atoms. The highest BCUT2D eigenvalue weighted by Crippen LogP contribution is 2.60. The Morgan fingerprint density at radius 3 is 1.79 bits per heavy atom. The number of ether oxygens (including phenoxy) is 1. The van der Waals surface area contributed by atoms with Gasteiger partial charge in [-0.15, -0.1) is 0 Å². The monoisotopic (exact) mass is 248 g/mol. The number of rotatable bonds is 0. The predicted molar refractivity (Wildman–Crippen MR) is 76.7 cm³/mol. The molecule has 0 N–H and O–H groups in total. The Morgan fingerprint density at radius 1 is 0.789 bits per heavy atom. The van der Waals surface area contributed by atoms with Crippen LogP contribution in [0.4, 0.5) is 0 Å². The zero-order valence-corrected chi connectivity index (χ0v) is 11.2. The van der Waals surface area contributed by atoms with E-state index in [9.17, 15) is 0 Å². The van der Waals surface area contributed by atoms with Gasteiger partial charge < -0.3 is 4.74 Å². The summed E-state index contributed by atoms with van der Waals surface area (Å²) in [7, 11) is 0. The minimum absolute atomic E-state index is 0.0459. The first-order valence-corrected chi connectivity index (χ1v) is 6.72. The number of benzene rings is 2. The maximum absolute atomic E-state index is 6.19. The molecule has 2 aliphatic rings. The summed E-state index contributed by atoms with van der Waals surface area (Å²) < 4.78 is 6.19. The van der Waals surface area contributed by atoms with Gasteiger partial charge in [0.15, 0.2) is 5.60 Å². The van der Waals surface area contributed by atoms with E-state index in [4.69, 9.17) is 4.74 Å². The first kappa shape index (κ1) is 10.9. The second kappa shape index (κ2) is 3.30. The lowest BCUT2D eigenvalue weighted by Gasteiger charge is -2.38. The quantitative estimate of drug-likeness (QED) is 0.668. The molecule has 0 saturated heterocycles. The molecule has 1 heteroatoms. The largest absolute Gasteiger partial charge is 0.485 e. The van der Waals surface area contributed by atoms with Crippen LogP contribution in [0.1, 0.15) is 25.0 Å². The summed E-state index contributed by atoms with van der Waals surface area (Å²) >= 11 is 0. The fourth-order valence-corrected chi connectivity index (χ4v) is 3.59. The SMILES string of the molecule is CC1(C)C=COC12c1ccccc1-c1ccccc12. The van der Waals surface area contributed by atoms with Crippen LogP contribution >= 0.6 is 0 Å². The molecule has 0 aromatic heterocycles. The van der Waals surface area contributed by atoms with Crippen LogP contribution in [0.15, 0.2) is 60.9 Å². The van der Waals surface area contributed by atoms with Crippen molar-refractivity contribution in [1.82, 2.24) is 0 Å². The second-order valence-electron chi connectivity index (χ2n) is 5.91. The predicted octanol–water partition coefficient (Wildman–Crippen LogP) is 4.48. The first-order valence-electron chi connectivity index (χ1n) is 6.72. The molecule has 1 nitrogen and oxygen atoms in total. The lowest BCUT2D eigenvalue weighted by molar-refractivity contribution is 0.0103. The molecule has 0 fully saturated rings. The molecule has 0 bridgehead atoms. The average molecular weight is 248 g/mol. The third-order valence-corrected chi connectivity index (χ3v) is 4.54. The maximum Gasteiger partial charge on any atom is 0.168 e. The van der Waals surface area contributed by atoms with E-state index in [0.29, 0.717) is 0 Å². The van der Waals surface area contributed by atoms with Gasteiger partial charge in [0.05, 0.1) is 6.26 Å². The highest BCUT2D eigenvalue weighted by Gasteiger charge is 2.56. The minimum Gasteiger partial charge on any atom is -0.485 e. The van der Waals surface area contributed by atoms with Gasteiger partial charge in [-0.2, -0.15) is 0 Å². The number of fused-ring (bicyclic) bond motifs is 5. The topological polar surface area (TPSA) is 9.23 Å². The fraction of sp³-hybridized carbons (Fsp3) is 0.222. The zero-order chi connectivity index (χ0) is 13.1. The Labute approximate surface area is 113 Å². The lowest BCUT2D eigenvalue weighted by Crippen LogP contribution is -2.38. The highest BCUT2D eigenvalue weighted by atomic mass is 16.5. The minimum atomic E-state index is -0.361. The van der Waals surface area contributed by atoms with Gasteiger partial charge >= 0.3 is 0 Å². The van der Waals surface area contributed by atoms with Crippen molar-refractivity contribution in [2.75, 3.05) is 0 Å². The normalized spacial score (nSPS) is 20.1. The van der Waals surface area contributed by atoms with Crippen LogP contribution in [0.2, 0.25) is 0 Å². The number of hydrogen-bond acceptors (Lipinski definition) is 1. The molecule has 1 heterocycles. The van der Waals surface area contributed by atoms with Crippen LogP contribution in [-0.2, 0) is 10.3 Å². The van der Waals surface area contributed by atoms with E-state index in [1.807, 2.05) is 6.26 Å². The molecule has 0 saturated carbocycles. The lowest BCUT2D eigenvalue weighted by atomic mass is 9.70. The summed E-state index contributed by atoms with van der Waals surface area (Å²) in [5, 5.41) is 0. The van der Waals surface area contributed by atoms with Gasteiger partial charge in [-0.1, -0.05) is 62.4 Å². The Balaban J connectivity index is 2.13. The average Bonchev–Trinajstić information content (AvgIpc) is 2.89. The van der Waals surface area contributed by atoms with Gasteiger partial charge in [-0.3, -0.25) is 0 Å². The summed E-state index contributed by atoms with van der Waals surface area (Å²) in [6.07, 6.45) is 4.03. The van der Waals surface area contributed by atoms with E-state index in [2.05, 4.69) is 68.5 Å².